The lowest BCUT2D eigenvalue weighted by Gasteiger charge is -2.27. The van der Waals surface area contributed by atoms with E-state index in [-0.39, 0.29) is 51.8 Å². The molecule has 6 N–H and O–H groups in total. The number of aryl methyl sites for hydroxylation is 1. The highest BCUT2D eigenvalue weighted by molar-refractivity contribution is 7.91. The lowest BCUT2D eigenvalue weighted by Crippen LogP contribution is -2.45. The van der Waals surface area contributed by atoms with Gasteiger partial charge in [0.2, 0.25) is 17.7 Å². The molecule has 0 radical (unpaired) electrons. The zero-order valence-corrected chi connectivity index (χ0v) is 26.1. The van der Waals surface area contributed by atoms with Crippen LogP contribution < -0.4 is 31.3 Å². The van der Waals surface area contributed by atoms with E-state index >= 15 is 0 Å². The highest BCUT2D eigenvalue weighted by atomic mass is 32.2. The number of carbonyl (C=O) groups is 3. The molecule has 0 aromatic carbocycles. The minimum atomic E-state index is -3.90. The van der Waals surface area contributed by atoms with Crippen LogP contribution in [0.25, 0.3) is 0 Å². The second kappa shape index (κ2) is 16.5. The predicted molar refractivity (Wildman–Crippen MR) is 160 cm³/mol. The number of nitrogens with one attached hydrogen (secondary N) is 6. The van der Waals surface area contributed by atoms with E-state index in [9.17, 15) is 22.8 Å². The Bertz CT molecular complexity index is 1090. The van der Waals surface area contributed by atoms with Gasteiger partial charge in [-0.15, -0.1) is 0 Å². The van der Waals surface area contributed by atoms with Crippen LogP contribution in [-0.4, -0.2) is 76.4 Å². The monoisotopic (exact) mass is 613 g/mol. The van der Waals surface area contributed by atoms with Gasteiger partial charge in [-0.1, -0.05) is 11.3 Å². The molecule has 2 fully saturated rings. The molecule has 1 atom stereocenters. The number of nitrogens with zero attached hydrogens (tertiary/aromatic N) is 1. The SMILES string of the molecule is CC(=O)Nc1nc(C)c(S(=O)(=O)NC(C)CNC(=O)CNC(=O)C(CCC2CCNCC2)CCC2CCNCC2)s1. The van der Waals surface area contributed by atoms with Gasteiger partial charge in [0.25, 0.3) is 10.0 Å². The number of anilines is 1. The van der Waals surface area contributed by atoms with Gasteiger partial charge in [-0.05, 0) is 103 Å². The molecule has 2 saturated heterocycles. The van der Waals surface area contributed by atoms with Crippen molar-refractivity contribution in [2.45, 2.75) is 82.4 Å². The lowest BCUT2D eigenvalue weighted by molar-refractivity contribution is -0.129. The number of hydrogen-bond acceptors (Lipinski definition) is 9. The maximum atomic E-state index is 13.1. The van der Waals surface area contributed by atoms with Gasteiger partial charge >= 0.3 is 0 Å². The summed E-state index contributed by atoms with van der Waals surface area (Å²) in [4.78, 5) is 41.0. The molecule has 0 bridgehead atoms. The van der Waals surface area contributed by atoms with Gasteiger partial charge in [0.1, 0.15) is 0 Å². The molecule has 1 aromatic heterocycles. The smallest absolute Gasteiger partial charge is 0.252 e. The second-order valence-corrected chi connectivity index (χ2v) is 14.3. The largest absolute Gasteiger partial charge is 0.353 e. The summed E-state index contributed by atoms with van der Waals surface area (Å²) in [6, 6.07) is -0.604. The normalized spacial score (nSPS) is 17.8. The van der Waals surface area contributed by atoms with E-state index in [1.54, 1.807) is 13.8 Å². The highest BCUT2D eigenvalue weighted by Gasteiger charge is 2.26. The summed E-state index contributed by atoms with van der Waals surface area (Å²) < 4.78 is 28.2. The Kier molecular flexibility index (Phi) is 13.4. The Hall–Kier alpha value is -2.13. The number of piperidine rings is 2. The standard InChI is InChI=1S/C27H47N7O5S2/c1-18(34-41(38,39)26-19(2)32-27(40-26)33-20(3)35)16-30-24(36)17-31-25(37)23(6-4-21-8-12-28-13-9-21)7-5-22-10-14-29-15-11-22/h18,21-23,28-29,34H,4-17H2,1-3H3,(H,30,36)(H,31,37)(H,32,33,35). The van der Waals surface area contributed by atoms with Crippen molar-refractivity contribution >= 4 is 44.2 Å². The minimum absolute atomic E-state index is 0.00621. The molecule has 3 amide bonds. The van der Waals surface area contributed by atoms with Gasteiger partial charge in [-0.3, -0.25) is 14.4 Å². The number of amides is 3. The highest BCUT2D eigenvalue weighted by Crippen LogP contribution is 2.28. The van der Waals surface area contributed by atoms with Crippen molar-refractivity contribution in [3.05, 3.63) is 5.69 Å². The zero-order chi connectivity index (χ0) is 29.8. The van der Waals surface area contributed by atoms with E-state index in [2.05, 4.69) is 36.3 Å². The molecule has 0 saturated carbocycles. The maximum absolute atomic E-state index is 13.1. The quantitative estimate of drug-likeness (QED) is 0.173. The van der Waals surface area contributed by atoms with E-state index < -0.39 is 16.1 Å². The number of thiazole rings is 1. The van der Waals surface area contributed by atoms with Crippen molar-refractivity contribution < 1.29 is 22.8 Å². The van der Waals surface area contributed by atoms with Crippen LogP contribution in [0.3, 0.4) is 0 Å². The third-order valence-corrected chi connectivity index (χ3v) is 11.1. The Labute approximate surface area is 248 Å². The maximum Gasteiger partial charge on any atom is 0.252 e. The van der Waals surface area contributed by atoms with Crippen LogP contribution >= 0.6 is 11.3 Å². The summed E-state index contributed by atoms with van der Waals surface area (Å²) in [5.41, 5.74) is 0.278. The van der Waals surface area contributed by atoms with Crippen LogP contribution in [0, 0.1) is 24.7 Å². The summed E-state index contributed by atoms with van der Waals surface area (Å²) in [7, 11) is -3.90. The summed E-state index contributed by atoms with van der Waals surface area (Å²) in [5, 5.41) is 15.0. The molecule has 0 spiro atoms. The van der Waals surface area contributed by atoms with Crippen LogP contribution in [0.1, 0.15) is 70.9 Å². The minimum Gasteiger partial charge on any atom is -0.353 e. The van der Waals surface area contributed by atoms with Crippen molar-refractivity contribution in [3.8, 4) is 0 Å². The van der Waals surface area contributed by atoms with Gasteiger partial charge in [0, 0.05) is 25.4 Å². The van der Waals surface area contributed by atoms with Crippen LogP contribution in [0.5, 0.6) is 0 Å². The summed E-state index contributed by atoms with van der Waals surface area (Å²) in [5.74, 6) is 0.390. The van der Waals surface area contributed by atoms with Crippen molar-refractivity contribution in [1.29, 1.82) is 0 Å². The fraction of sp³-hybridized carbons (Fsp3) is 0.778. The molecular weight excluding hydrogens is 566 g/mol. The lowest BCUT2D eigenvalue weighted by atomic mass is 9.84. The number of carbonyl (C=O) groups excluding carboxylic acids is 3. The Morgan fingerprint density at radius 3 is 2.07 bits per heavy atom. The van der Waals surface area contributed by atoms with Crippen LogP contribution in [0.4, 0.5) is 5.13 Å². The van der Waals surface area contributed by atoms with Gasteiger partial charge in [0.15, 0.2) is 9.34 Å². The van der Waals surface area contributed by atoms with Gasteiger partial charge < -0.3 is 26.6 Å². The molecule has 232 valence electrons. The summed E-state index contributed by atoms with van der Waals surface area (Å²) in [6.45, 7) is 8.56. The predicted octanol–water partition coefficient (Wildman–Crippen LogP) is 1.48. The van der Waals surface area contributed by atoms with E-state index in [0.29, 0.717) is 11.8 Å². The molecule has 14 heteroatoms. The van der Waals surface area contributed by atoms with Crippen LogP contribution in [0.2, 0.25) is 0 Å². The third-order valence-electron chi connectivity index (χ3n) is 7.80. The molecule has 2 aliphatic rings. The van der Waals surface area contributed by atoms with Crippen molar-refractivity contribution in [3.63, 3.8) is 0 Å². The first kappa shape index (κ1) is 33.4. The van der Waals surface area contributed by atoms with E-state index in [1.165, 1.54) is 6.92 Å². The van der Waals surface area contributed by atoms with Gasteiger partial charge in [-0.25, -0.2) is 18.1 Å². The van der Waals surface area contributed by atoms with E-state index in [4.69, 9.17) is 0 Å². The molecule has 1 aromatic rings. The average molecular weight is 614 g/mol. The Balaban J connectivity index is 1.44. The number of sulfonamides is 1. The van der Waals surface area contributed by atoms with Crippen molar-refractivity contribution in [2.24, 2.45) is 17.8 Å². The second-order valence-electron chi connectivity index (χ2n) is 11.4. The van der Waals surface area contributed by atoms with Crippen molar-refractivity contribution in [2.75, 3.05) is 44.6 Å². The molecule has 1 unspecified atom stereocenters. The molecular formula is C27H47N7O5S2. The third kappa shape index (κ3) is 11.6. The molecule has 3 rings (SSSR count). The first-order valence-electron chi connectivity index (χ1n) is 14.8. The van der Waals surface area contributed by atoms with Crippen LogP contribution in [0.15, 0.2) is 4.21 Å². The Morgan fingerprint density at radius 2 is 1.54 bits per heavy atom. The number of aromatic nitrogens is 1. The first-order chi connectivity index (χ1) is 19.5. The summed E-state index contributed by atoms with van der Waals surface area (Å²) in [6.07, 6.45) is 8.31. The molecule has 41 heavy (non-hydrogen) atoms. The van der Waals surface area contributed by atoms with Gasteiger partial charge in [-0.2, -0.15) is 0 Å². The molecule has 2 aliphatic heterocycles. The molecule has 12 nitrogen and oxygen atoms in total. The van der Waals surface area contributed by atoms with Gasteiger partial charge in [0.05, 0.1) is 12.2 Å². The fourth-order valence-electron chi connectivity index (χ4n) is 5.46. The topological polar surface area (TPSA) is 170 Å². The zero-order valence-electron chi connectivity index (χ0n) is 24.5. The summed E-state index contributed by atoms with van der Waals surface area (Å²) >= 11 is 0.866. The number of hydrogen-bond donors (Lipinski definition) is 6. The molecule has 0 aliphatic carbocycles. The van der Waals surface area contributed by atoms with E-state index in [1.807, 2.05) is 0 Å². The average Bonchev–Trinajstić information content (AvgIpc) is 3.31. The fourth-order valence-corrected chi connectivity index (χ4v) is 8.18. The molecule has 3 heterocycles. The number of rotatable bonds is 15. The van der Waals surface area contributed by atoms with Crippen LogP contribution in [-0.2, 0) is 24.4 Å². The van der Waals surface area contributed by atoms with Crippen molar-refractivity contribution in [1.82, 2.24) is 31.0 Å². The first-order valence-corrected chi connectivity index (χ1v) is 17.1. The van der Waals surface area contributed by atoms with E-state index in [0.717, 1.165) is 88.9 Å². The Morgan fingerprint density at radius 1 is 0.976 bits per heavy atom.